The third kappa shape index (κ3) is 6.88. The maximum atomic E-state index is 5.42. The molecule has 11 rings (SSSR count). The Bertz CT molecular complexity index is 3200. The van der Waals surface area contributed by atoms with Gasteiger partial charge < -0.3 is 4.57 Å². The van der Waals surface area contributed by atoms with Gasteiger partial charge in [-0.3, -0.25) is 0 Å². The van der Waals surface area contributed by atoms with E-state index in [0.29, 0.717) is 5.82 Å². The van der Waals surface area contributed by atoms with E-state index >= 15 is 0 Å². The van der Waals surface area contributed by atoms with Crippen LogP contribution in [0.25, 0.3) is 106 Å². The highest BCUT2D eigenvalue weighted by Crippen LogP contribution is 2.39. The van der Waals surface area contributed by atoms with E-state index in [2.05, 4.69) is 241 Å². The Balaban J connectivity index is 1.06. The van der Waals surface area contributed by atoms with Crippen LogP contribution in [0.15, 0.2) is 237 Å². The van der Waals surface area contributed by atoms with Crippen molar-refractivity contribution >= 4 is 21.9 Å². The van der Waals surface area contributed by atoms with Crippen LogP contribution in [-0.2, 0) is 0 Å². The van der Waals surface area contributed by atoms with Gasteiger partial charge in [-0.05, 0) is 98.1 Å². The van der Waals surface area contributed by atoms with Gasteiger partial charge in [-0.25, -0.2) is 9.97 Å². The molecule has 0 aliphatic rings. The highest BCUT2D eigenvalue weighted by atomic mass is 15.0. The molecule has 11 aromatic rings. The topological polar surface area (TPSA) is 30.7 Å². The van der Waals surface area contributed by atoms with Crippen LogP contribution < -0.4 is 0 Å². The standard InChI is InChI=1S/C58H39N3/c1-5-16-40(17-6-1)42-28-32-44(33-29-42)49-37-50(45-34-30-43(31-35-45)41-18-7-2-8-19-41)39-51(38-49)47-22-15-23-48(36-47)58-59-55(46-20-9-3-10-21-46)57-56(60-58)53-26-13-14-27-54(53)61(57)52-24-11-4-12-25-52/h1-39H. The molecule has 0 spiro atoms. The molecule has 9 aromatic carbocycles. The van der Waals surface area contributed by atoms with Gasteiger partial charge in [0.25, 0.3) is 0 Å². The van der Waals surface area contributed by atoms with Crippen LogP contribution in [0, 0.1) is 0 Å². The molecule has 0 aliphatic carbocycles. The molecule has 3 heteroatoms. The van der Waals surface area contributed by atoms with Crippen LogP contribution in [0.3, 0.4) is 0 Å². The minimum absolute atomic E-state index is 0.688. The van der Waals surface area contributed by atoms with Gasteiger partial charge in [0.05, 0.1) is 16.7 Å². The summed E-state index contributed by atoms with van der Waals surface area (Å²) in [7, 11) is 0. The predicted octanol–water partition coefficient (Wildman–Crippen LogP) is 15.2. The van der Waals surface area contributed by atoms with E-state index in [-0.39, 0.29) is 0 Å². The van der Waals surface area contributed by atoms with Crippen molar-refractivity contribution in [2.45, 2.75) is 0 Å². The van der Waals surface area contributed by atoms with E-state index in [1.807, 2.05) is 0 Å². The van der Waals surface area contributed by atoms with Crippen LogP contribution in [-0.4, -0.2) is 14.5 Å². The first kappa shape index (κ1) is 36.0. The first-order chi connectivity index (χ1) is 30.2. The molecule has 0 amide bonds. The first-order valence-corrected chi connectivity index (χ1v) is 20.7. The summed E-state index contributed by atoms with van der Waals surface area (Å²) in [5.74, 6) is 0.688. The molecule has 0 atom stereocenters. The molecule has 2 aromatic heterocycles. The quantitative estimate of drug-likeness (QED) is 0.154. The van der Waals surface area contributed by atoms with Crippen molar-refractivity contribution in [2.24, 2.45) is 0 Å². The largest absolute Gasteiger partial charge is 0.306 e. The second-order valence-corrected chi connectivity index (χ2v) is 15.4. The molecule has 0 radical (unpaired) electrons. The highest BCUT2D eigenvalue weighted by molar-refractivity contribution is 6.11. The number of fused-ring (bicyclic) bond motifs is 3. The van der Waals surface area contributed by atoms with Crippen molar-refractivity contribution in [3.05, 3.63) is 237 Å². The van der Waals surface area contributed by atoms with Gasteiger partial charge in [-0.15, -0.1) is 0 Å². The van der Waals surface area contributed by atoms with Gasteiger partial charge in [0.15, 0.2) is 5.82 Å². The van der Waals surface area contributed by atoms with Crippen molar-refractivity contribution in [3.8, 4) is 84.0 Å². The molecular formula is C58H39N3. The summed E-state index contributed by atoms with van der Waals surface area (Å²) in [4.78, 5) is 10.8. The van der Waals surface area contributed by atoms with Crippen molar-refractivity contribution in [2.75, 3.05) is 0 Å². The molecule has 0 N–H and O–H groups in total. The Morgan fingerprint density at radius 3 is 1.23 bits per heavy atom. The van der Waals surface area contributed by atoms with Crippen molar-refractivity contribution in [1.82, 2.24) is 14.5 Å². The number of hydrogen-bond donors (Lipinski definition) is 0. The van der Waals surface area contributed by atoms with Crippen LogP contribution >= 0.6 is 0 Å². The first-order valence-electron chi connectivity index (χ1n) is 20.7. The lowest BCUT2D eigenvalue weighted by Gasteiger charge is -2.14. The third-order valence-electron chi connectivity index (χ3n) is 11.6. The van der Waals surface area contributed by atoms with Crippen LogP contribution in [0.4, 0.5) is 0 Å². The average Bonchev–Trinajstić information content (AvgIpc) is 3.69. The van der Waals surface area contributed by atoms with Gasteiger partial charge in [-0.2, -0.15) is 0 Å². The summed E-state index contributed by atoms with van der Waals surface area (Å²) >= 11 is 0. The monoisotopic (exact) mass is 777 g/mol. The second-order valence-electron chi connectivity index (χ2n) is 15.4. The Morgan fingerprint density at radius 1 is 0.279 bits per heavy atom. The summed E-state index contributed by atoms with van der Waals surface area (Å²) < 4.78 is 2.30. The molecule has 3 nitrogen and oxygen atoms in total. The average molecular weight is 778 g/mol. The summed E-state index contributed by atoms with van der Waals surface area (Å²) in [6, 6.07) is 84.1. The predicted molar refractivity (Wildman–Crippen MR) is 254 cm³/mol. The van der Waals surface area contributed by atoms with Crippen LogP contribution in [0.2, 0.25) is 0 Å². The normalized spacial score (nSPS) is 11.3. The maximum absolute atomic E-state index is 5.42. The molecular weight excluding hydrogens is 739 g/mol. The molecule has 0 fully saturated rings. The fourth-order valence-electron chi connectivity index (χ4n) is 8.55. The van der Waals surface area contributed by atoms with Crippen molar-refractivity contribution in [1.29, 1.82) is 0 Å². The third-order valence-corrected chi connectivity index (χ3v) is 11.6. The van der Waals surface area contributed by atoms with E-state index in [9.17, 15) is 0 Å². The number of para-hydroxylation sites is 2. The van der Waals surface area contributed by atoms with Crippen molar-refractivity contribution in [3.63, 3.8) is 0 Å². The van der Waals surface area contributed by atoms with Crippen LogP contribution in [0.1, 0.15) is 0 Å². The second kappa shape index (κ2) is 15.6. The number of hydrogen-bond acceptors (Lipinski definition) is 2. The number of aromatic nitrogens is 3. The molecule has 0 saturated heterocycles. The maximum Gasteiger partial charge on any atom is 0.160 e. The van der Waals surface area contributed by atoms with Gasteiger partial charge in [0.1, 0.15) is 5.52 Å². The minimum Gasteiger partial charge on any atom is -0.306 e. The lowest BCUT2D eigenvalue weighted by Crippen LogP contribution is -1.99. The highest BCUT2D eigenvalue weighted by Gasteiger charge is 2.21. The lowest BCUT2D eigenvalue weighted by molar-refractivity contribution is 1.15. The molecule has 2 heterocycles. The zero-order valence-corrected chi connectivity index (χ0v) is 33.4. The molecule has 0 bridgehead atoms. The fourth-order valence-corrected chi connectivity index (χ4v) is 8.55. The van der Waals surface area contributed by atoms with Gasteiger partial charge in [0, 0.05) is 22.2 Å². The molecule has 0 aliphatic heterocycles. The van der Waals surface area contributed by atoms with Crippen LogP contribution in [0.5, 0.6) is 0 Å². The van der Waals surface area contributed by atoms with E-state index in [1.54, 1.807) is 0 Å². The van der Waals surface area contributed by atoms with E-state index in [0.717, 1.165) is 77.8 Å². The summed E-state index contributed by atoms with van der Waals surface area (Å²) in [5, 5.41) is 1.09. The zero-order valence-electron chi connectivity index (χ0n) is 33.4. The lowest BCUT2D eigenvalue weighted by atomic mass is 9.91. The SMILES string of the molecule is c1ccc(-c2ccc(-c3cc(-c4ccc(-c5ccccc5)cc4)cc(-c4cccc(-c5nc(-c6ccccc6)c6c(n5)c5ccccc5n6-c5ccccc5)c4)c3)cc2)cc1. The Hall–Kier alpha value is -8.14. The van der Waals surface area contributed by atoms with Crippen molar-refractivity contribution < 1.29 is 0 Å². The Morgan fingerprint density at radius 2 is 0.672 bits per heavy atom. The fraction of sp³-hybridized carbons (Fsp3) is 0. The summed E-state index contributed by atoms with van der Waals surface area (Å²) in [5.41, 5.74) is 18.7. The molecule has 0 unspecified atom stereocenters. The number of benzene rings is 9. The Labute approximate surface area is 355 Å². The van der Waals surface area contributed by atoms with Gasteiger partial charge in [0.2, 0.25) is 0 Å². The van der Waals surface area contributed by atoms with E-state index < -0.39 is 0 Å². The Kier molecular flexibility index (Phi) is 9.18. The number of nitrogens with zero attached hydrogens (tertiary/aromatic N) is 3. The van der Waals surface area contributed by atoms with Gasteiger partial charge >= 0.3 is 0 Å². The van der Waals surface area contributed by atoms with E-state index in [1.165, 1.54) is 22.3 Å². The molecule has 61 heavy (non-hydrogen) atoms. The molecule has 0 saturated carbocycles. The minimum atomic E-state index is 0.688. The number of rotatable bonds is 8. The molecule has 286 valence electrons. The van der Waals surface area contributed by atoms with E-state index in [4.69, 9.17) is 9.97 Å². The zero-order chi connectivity index (χ0) is 40.5. The summed E-state index contributed by atoms with van der Waals surface area (Å²) in [6.07, 6.45) is 0. The van der Waals surface area contributed by atoms with Gasteiger partial charge in [-0.1, -0.05) is 194 Å². The smallest absolute Gasteiger partial charge is 0.160 e. The summed E-state index contributed by atoms with van der Waals surface area (Å²) in [6.45, 7) is 0.